The molecule has 1 aromatic carbocycles. The first-order valence-corrected chi connectivity index (χ1v) is 7.10. The number of hydrogen-bond acceptors (Lipinski definition) is 2. The molecule has 5 heteroatoms. The Morgan fingerprint density at radius 1 is 1.37 bits per heavy atom. The van der Waals surface area contributed by atoms with E-state index >= 15 is 0 Å². The van der Waals surface area contributed by atoms with Crippen molar-refractivity contribution in [2.24, 2.45) is 5.41 Å². The summed E-state index contributed by atoms with van der Waals surface area (Å²) in [7, 11) is 4.18. The maximum absolute atomic E-state index is 6.20. The van der Waals surface area contributed by atoms with Gasteiger partial charge in [0.05, 0.1) is 16.1 Å². The lowest BCUT2D eigenvalue weighted by Gasteiger charge is -2.28. The highest BCUT2D eigenvalue weighted by molar-refractivity contribution is 7.71. The Balaban J connectivity index is 2.44. The zero-order valence-corrected chi connectivity index (χ0v) is 13.4. The maximum Gasteiger partial charge on any atom is 0.178 e. The molecule has 0 aliphatic carbocycles. The van der Waals surface area contributed by atoms with Crippen LogP contribution in [-0.2, 0) is 6.54 Å². The third kappa shape index (κ3) is 3.19. The first-order chi connectivity index (χ1) is 8.80. The third-order valence-corrected chi connectivity index (χ3v) is 3.73. The van der Waals surface area contributed by atoms with Crippen LogP contribution in [0.5, 0.6) is 0 Å². The summed E-state index contributed by atoms with van der Waals surface area (Å²) < 4.78 is 2.87. The van der Waals surface area contributed by atoms with Crippen LogP contribution in [0, 0.1) is 10.2 Å². The number of aromatic nitrogens is 2. The van der Waals surface area contributed by atoms with Crippen LogP contribution in [0.3, 0.4) is 0 Å². The average molecular weight is 298 g/mol. The van der Waals surface area contributed by atoms with E-state index in [1.807, 2.05) is 12.1 Å². The number of aromatic amines is 1. The van der Waals surface area contributed by atoms with Gasteiger partial charge in [-0.25, -0.2) is 0 Å². The number of imidazole rings is 1. The van der Waals surface area contributed by atoms with Gasteiger partial charge in [0, 0.05) is 13.1 Å². The van der Waals surface area contributed by atoms with Gasteiger partial charge in [-0.15, -0.1) is 0 Å². The molecule has 0 fully saturated rings. The van der Waals surface area contributed by atoms with E-state index in [1.165, 1.54) is 0 Å². The molecule has 0 bridgehead atoms. The van der Waals surface area contributed by atoms with Crippen LogP contribution < -0.4 is 0 Å². The number of benzene rings is 1. The van der Waals surface area contributed by atoms with Crippen LogP contribution in [0.1, 0.15) is 13.8 Å². The highest BCUT2D eigenvalue weighted by Crippen LogP contribution is 2.26. The smallest absolute Gasteiger partial charge is 0.178 e. The Morgan fingerprint density at radius 3 is 2.68 bits per heavy atom. The van der Waals surface area contributed by atoms with Gasteiger partial charge >= 0.3 is 0 Å². The van der Waals surface area contributed by atoms with Crippen molar-refractivity contribution < 1.29 is 0 Å². The summed E-state index contributed by atoms with van der Waals surface area (Å²) in [5.41, 5.74) is 2.14. The molecule has 19 heavy (non-hydrogen) atoms. The van der Waals surface area contributed by atoms with Crippen LogP contribution >= 0.6 is 23.8 Å². The molecule has 0 amide bonds. The molecule has 1 heterocycles. The molecule has 1 aromatic heterocycles. The normalized spacial score (nSPS) is 12.5. The van der Waals surface area contributed by atoms with Crippen molar-refractivity contribution >= 4 is 34.9 Å². The van der Waals surface area contributed by atoms with Crippen molar-refractivity contribution in [3.05, 3.63) is 28.0 Å². The largest absolute Gasteiger partial charge is 0.329 e. The molecule has 0 radical (unpaired) electrons. The van der Waals surface area contributed by atoms with Crippen molar-refractivity contribution in [2.75, 3.05) is 20.6 Å². The lowest BCUT2D eigenvalue weighted by Crippen LogP contribution is -2.32. The van der Waals surface area contributed by atoms with E-state index in [4.69, 9.17) is 23.8 Å². The lowest BCUT2D eigenvalue weighted by atomic mass is 9.93. The molecule has 104 valence electrons. The number of para-hydroxylation sites is 1. The van der Waals surface area contributed by atoms with Crippen LogP contribution in [0.2, 0.25) is 5.02 Å². The van der Waals surface area contributed by atoms with E-state index in [1.54, 1.807) is 0 Å². The Morgan fingerprint density at radius 2 is 2.05 bits per heavy atom. The lowest BCUT2D eigenvalue weighted by molar-refractivity contribution is 0.212. The fourth-order valence-corrected chi connectivity index (χ4v) is 3.12. The summed E-state index contributed by atoms with van der Waals surface area (Å²) in [5, 5.41) is 0.716. The second-order valence-corrected chi connectivity index (χ2v) is 6.85. The summed E-state index contributed by atoms with van der Waals surface area (Å²) in [6.45, 7) is 6.36. The number of H-pyrrole nitrogens is 1. The number of nitrogens with zero attached hydrogens (tertiary/aromatic N) is 2. The van der Waals surface area contributed by atoms with Crippen molar-refractivity contribution in [1.82, 2.24) is 14.5 Å². The standard InChI is InChI=1S/C14H20ClN3S/c1-14(2,8-17(3)4)9-18-11-7-5-6-10(15)12(11)16-13(18)19/h5-7H,8-9H2,1-4H3,(H,16,19). The van der Waals surface area contributed by atoms with Crippen LogP contribution in [0.25, 0.3) is 11.0 Å². The fourth-order valence-electron chi connectivity index (χ4n) is 2.64. The number of nitrogens with one attached hydrogen (secondary N) is 1. The Hall–Kier alpha value is -0.840. The predicted molar refractivity (Wildman–Crippen MR) is 84.5 cm³/mol. The quantitative estimate of drug-likeness (QED) is 0.864. The molecule has 0 saturated heterocycles. The van der Waals surface area contributed by atoms with E-state index in [0.29, 0.717) is 5.02 Å². The van der Waals surface area contributed by atoms with E-state index in [0.717, 1.165) is 28.9 Å². The maximum atomic E-state index is 6.20. The van der Waals surface area contributed by atoms with Gasteiger partial charge in [-0.2, -0.15) is 0 Å². The van der Waals surface area contributed by atoms with Gasteiger partial charge in [-0.1, -0.05) is 31.5 Å². The van der Waals surface area contributed by atoms with Gasteiger partial charge in [-0.3, -0.25) is 0 Å². The molecule has 2 rings (SSSR count). The number of rotatable bonds is 4. The highest BCUT2D eigenvalue weighted by Gasteiger charge is 2.21. The van der Waals surface area contributed by atoms with Crippen LogP contribution in [-0.4, -0.2) is 35.1 Å². The van der Waals surface area contributed by atoms with Gasteiger partial charge in [0.2, 0.25) is 0 Å². The summed E-state index contributed by atoms with van der Waals surface area (Å²) in [4.78, 5) is 5.40. The molecule has 0 atom stereocenters. The molecule has 0 unspecified atom stereocenters. The SMILES string of the molecule is CN(C)CC(C)(C)Cn1c(=S)[nH]c2c(Cl)cccc21. The zero-order valence-electron chi connectivity index (χ0n) is 11.8. The summed E-state index contributed by atoms with van der Waals surface area (Å²) >= 11 is 11.6. The molecule has 0 saturated carbocycles. The minimum Gasteiger partial charge on any atom is -0.329 e. The molecule has 0 aliphatic rings. The van der Waals surface area contributed by atoms with Crippen molar-refractivity contribution in [3.8, 4) is 0 Å². The highest BCUT2D eigenvalue weighted by atomic mass is 35.5. The predicted octanol–water partition coefficient (Wildman–Crippen LogP) is 3.94. The van der Waals surface area contributed by atoms with Crippen molar-refractivity contribution in [1.29, 1.82) is 0 Å². The Kier molecular flexibility index (Phi) is 4.04. The van der Waals surface area contributed by atoms with Crippen molar-refractivity contribution in [2.45, 2.75) is 20.4 Å². The topological polar surface area (TPSA) is 24.0 Å². The third-order valence-electron chi connectivity index (χ3n) is 3.09. The zero-order chi connectivity index (χ0) is 14.2. The molecule has 3 nitrogen and oxygen atoms in total. The van der Waals surface area contributed by atoms with E-state index in [9.17, 15) is 0 Å². The van der Waals surface area contributed by atoms with Gasteiger partial charge in [0.15, 0.2) is 4.77 Å². The van der Waals surface area contributed by atoms with E-state index in [-0.39, 0.29) is 5.41 Å². The first-order valence-electron chi connectivity index (χ1n) is 6.32. The molecule has 0 aliphatic heterocycles. The van der Waals surface area contributed by atoms with Gasteiger partial charge in [-0.05, 0) is 43.9 Å². The average Bonchev–Trinajstić information content (AvgIpc) is 2.56. The van der Waals surface area contributed by atoms with Crippen LogP contribution in [0.15, 0.2) is 18.2 Å². The summed E-state index contributed by atoms with van der Waals surface area (Å²) in [6.07, 6.45) is 0. The van der Waals surface area contributed by atoms with Crippen LogP contribution in [0.4, 0.5) is 0 Å². The first kappa shape index (κ1) is 14.6. The minimum atomic E-state index is 0.138. The second kappa shape index (κ2) is 5.27. The van der Waals surface area contributed by atoms with Gasteiger partial charge in [0.1, 0.15) is 0 Å². The number of fused-ring (bicyclic) bond motifs is 1. The molecule has 1 N–H and O–H groups in total. The fraction of sp³-hybridized carbons (Fsp3) is 0.500. The summed E-state index contributed by atoms with van der Waals surface area (Å²) in [5.74, 6) is 0. The number of halogens is 1. The molecular formula is C14H20ClN3S. The number of hydrogen-bond donors (Lipinski definition) is 1. The Bertz CT molecular complexity index is 640. The van der Waals surface area contributed by atoms with Crippen molar-refractivity contribution in [3.63, 3.8) is 0 Å². The van der Waals surface area contributed by atoms with E-state index < -0.39 is 0 Å². The van der Waals surface area contributed by atoms with E-state index in [2.05, 4.69) is 48.5 Å². The monoisotopic (exact) mass is 297 g/mol. The molecule has 2 aromatic rings. The molecule has 0 spiro atoms. The Labute approximate surface area is 124 Å². The molecular weight excluding hydrogens is 278 g/mol. The second-order valence-electron chi connectivity index (χ2n) is 6.05. The minimum absolute atomic E-state index is 0.138. The van der Waals surface area contributed by atoms with Gasteiger partial charge in [0.25, 0.3) is 0 Å². The van der Waals surface area contributed by atoms with Gasteiger partial charge < -0.3 is 14.5 Å². The summed E-state index contributed by atoms with van der Waals surface area (Å²) in [6, 6.07) is 5.90.